The minimum absolute atomic E-state index is 0.169. The minimum Gasteiger partial charge on any atom is -0.482 e. The molecule has 6 rings (SSSR count). The molecule has 0 atom stereocenters. The number of hydrogen-bond donors (Lipinski definition) is 1. The van der Waals surface area contributed by atoms with Crippen LogP contribution >= 0.6 is 72.7 Å². The quantitative estimate of drug-likeness (QED) is 0.129. The molecule has 0 aliphatic carbocycles. The topological polar surface area (TPSA) is 98.7 Å². The van der Waals surface area contributed by atoms with Gasteiger partial charge in [-0.1, -0.05) is 39.7 Å². The monoisotopic (exact) mass is 878 g/mol. The number of nitrogens with zero attached hydrogens (tertiary/aromatic N) is 3. The predicted molar refractivity (Wildman–Crippen MR) is 189 cm³/mol. The summed E-state index contributed by atoms with van der Waals surface area (Å²) in [5.74, 6) is 0.970. The van der Waals surface area contributed by atoms with E-state index in [1.54, 1.807) is 48.7 Å². The summed E-state index contributed by atoms with van der Waals surface area (Å²) in [5, 5.41) is 9.22. The Morgan fingerprint density at radius 2 is 1.79 bits per heavy atom. The number of furan rings is 1. The van der Waals surface area contributed by atoms with Gasteiger partial charge in [-0.05, 0) is 124 Å². The second-order valence-corrected chi connectivity index (χ2v) is 12.9. The molecule has 2 heterocycles. The Labute approximate surface area is 285 Å². The first kappa shape index (κ1) is 29.8. The van der Waals surface area contributed by atoms with Gasteiger partial charge in [0.15, 0.2) is 12.4 Å². The molecule has 0 saturated carbocycles. The van der Waals surface area contributed by atoms with Crippen molar-refractivity contribution >= 4 is 112 Å². The Balaban J connectivity index is 1.29. The third kappa shape index (κ3) is 6.64. The molecule has 1 N–H and O–H groups in total. The fourth-order valence-corrected chi connectivity index (χ4v) is 6.93. The van der Waals surface area contributed by atoms with E-state index < -0.39 is 0 Å². The number of ether oxygens (including phenoxy) is 1. The summed E-state index contributed by atoms with van der Waals surface area (Å²) in [4.78, 5) is 30.8. The first-order valence-electron chi connectivity index (χ1n) is 12.7. The van der Waals surface area contributed by atoms with Crippen molar-refractivity contribution in [3.8, 4) is 17.3 Å². The Morgan fingerprint density at radius 1 is 1.05 bits per heavy atom. The van der Waals surface area contributed by atoms with Crippen LogP contribution in [0, 0.1) is 7.14 Å². The molecule has 12 heteroatoms. The first-order chi connectivity index (χ1) is 20.7. The van der Waals surface area contributed by atoms with Crippen LogP contribution in [0.2, 0.25) is 5.02 Å². The van der Waals surface area contributed by atoms with Crippen molar-refractivity contribution in [3.05, 3.63) is 117 Å². The average molecular weight is 880 g/mol. The van der Waals surface area contributed by atoms with Crippen LogP contribution in [-0.2, 0) is 4.79 Å². The summed E-state index contributed by atoms with van der Waals surface area (Å²) in [7, 11) is 0. The highest BCUT2D eigenvalue weighted by atomic mass is 127. The number of benzene rings is 4. The van der Waals surface area contributed by atoms with E-state index in [2.05, 4.69) is 71.5 Å². The molecular formula is C31H18BrClI2N4O4. The van der Waals surface area contributed by atoms with Gasteiger partial charge >= 0.3 is 0 Å². The van der Waals surface area contributed by atoms with E-state index in [9.17, 15) is 9.59 Å². The molecule has 0 fully saturated rings. The smallest absolute Gasteiger partial charge is 0.282 e. The second-order valence-electron chi connectivity index (χ2n) is 9.26. The van der Waals surface area contributed by atoms with Gasteiger partial charge < -0.3 is 14.5 Å². The second kappa shape index (κ2) is 12.8. The van der Waals surface area contributed by atoms with Crippen LogP contribution in [0.5, 0.6) is 5.75 Å². The minimum atomic E-state index is -0.325. The van der Waals surface area contributed by atoms with Crippen molar-refractivity contribution in [2.45, 2.75) is 0 Å². The van der Waals surface area contributed by atoms with E-state index in [4.69, 9.17) is 25.7 Å². The molecular weight excluding hydrogens is 862 g/mol. The van der Waals surface area contributed by atoms with Gasteiger partial charge in [-0.15, -0.1) is 0 Å². The highest BCUT2D eigenvalue weighted by molar-refractivity contribution is 14.1. The van der Waals surface area contributed by atoms with Crippen LogP contribution in [0.4, 0.5) is 5.69 Å². The number of amides is 1. The maximum Gasteiger partial charge on any atom is 0.282 e. The van der Waals surface area contributed by atoms with Crippen molar-refractivity contribution in [1.82, 2.24) is 9.66 Å². The molecule has 0 spiro atoms. The lowest BCUT2D eigenvalue weighted by molar-refractivity contribution is -0.118. The Morgan fingerprint density at radius 3 is 2.56 bits per heavy atom. The number of carbonyl (C=O) groups is 1. The molecule has 2 aromatic heterocycles. The molecule has 214 valence electrons. The fourth-order valence-electron chi connectivity index (χ4n) is 4.30. The van der Waals surface area contributed by atoms with Crippen molar-refractivity contribution < 1.29 is 13.9 Å². The lowest BCUT2D eigenvalue weighted by atomic mass is 10.2. The number of para-hydroxylation sites is 1. The van der Waals surface area contributed by atoms with E-state index >= 15 is 0 Å². The lowest BCUT2D eigenvalue weighted by Crippen LogP contribution is -2.21. The summed E-state index contributed by atoms with van der Waals surface area (Å²) >= 11 is 13.7. The van der Waals surface area contributed by atoms with Crippen molar-refractivity contribution in [1.29, 1.82) is 0 Å². The van der Waals surface area contributed by atoms with E-state index in [0.717, 1.165) is 22.6 Å². The van der Waals surface area contributed by atoms with E-state index in [-0.39, 0.29) is 23.9 Å². The molecule has 0 bridgehead atoms. The van der Waals surface area contributed by atoms with Gasteiger partial charge in [-0.3, -0.25) is 9.59 Å². The Kier molecular flexibility index (Phi) is 8.84. The Hall–Kier alpha value is -3.27. The molecule has 0 unspecified atom stereocenters. The summed E-state index contributed by atoms with van der Waals surface area (Å²) in [6, 6.07) is 25.2. The van der Waals surface area contributed by atoms with Gasteiger partial charge in [0.2, 0.25) is 5.82 Å². The van der Waals surface area contributed by atoms with Crippen LogP contribution in [0.3, 0.4) is 0 Å². The van der Waals surface area contributed by atoms with Crippen molar-refractivity contribution in [2.75, 3.05) is 11.9 Å². The third-order valence-corrected chi connectivity index (χ3v) is 8.62. The van der Waals surface area contributed by atoms with Crippen LogP contribution in [-0.4, -0.2) is 28.4 Å². The van der Waals surface area contributed by atoms with E-state index in [0.29, 0.717) is 38.7 Å². The number of halogens is 4. The maximum atomic E-state index is 13.6. The number of hydrogen-bond acceptors (Lipinski definition) is 6. The van der Waals surface area contributed by atoms with Crippen LogP contribution < -0.4 is 15.6 Å². The standard InChI is InChI=1S/C31H18BrClI2N4O4/c32-19-5-10-26-18(13-19)14-27(43-26)30-38-25-4-2-1-3-22(25)31(41)39(30)36-15-17-11-23(34)29(24(35)12-17)42-16-28(40)37-21-8-6-20(33)7-9-21/h1-15H,16H2,(H,37,40). The number of fused-ring (bicyclic) bond motifs is 2. The van der Waals surface area contributed by atoms with Crippen molar-refractivity contribution in [2.24, 2.45) is 5.10 Å². The summed E-state index contributed by atoms with van der Waals surface area (Å²) in [5.41, 5.74) is 2.24. The van der Waals surface area contributed by atoms with Gasteiger partial charge in [-0.2, -0.15) is 9.78 Å². The van der Waals surface area contributed by atoms with Gasteiger partial charge in [-0.25, -0.2) is 4.98 Å². The molecule has 0 aliphatic heterocycles. The highest BCUT2D eigenvalue weighted by Gasteiger charge is 2.17. The Bertz CT molecular complexity index is 2090. The van der Waals surface area contributed by atoms with Gasteiger partial charge in [0.25, 0.3) is 11.5 Å². The lowest BCUT2D eigenvalue weighted by Gasteiger charge is -2.12. The number of anilines is 1. The fraction of sp³-hybridized carbons (Fsp3) is 0.0323. The molecule has 6 aromatic rings. The normalized spacial score (nSPS) is 11.4. The number of aromatic nitrogens is 2. The number of carbonyl (C=O) groups excluding carboxylic acids is 1. The molecule has 4 aromatic carbocycles. The molecule has 1 amide bonds. The van der Waals surface area contributed by atoms with E-state index in [1.165, 1.54) is 4.68 Å². The first-order valence-corrected chi connectivity index (χ1v) is 16.0. The van der Waals surface area contributed by atoms with E-state index in [1.807, 2.05) is 42.5 Å². The summed E-state index contributed by atoms with van der Waals surface area (Å²) in [6.45, 7) is -0.169. The van der Waals surface area contributed by atoms with Crippen LogP contribution in [0.15, 0.2) is 104 Å². The third-order valence-electron chi connectivity index (χ3n) is 6.27. The van der Waals surface area contributed by atoms with Crippen LogP contribution in [0.1, 0.15) is 5.56 Å². The average Bonchev–Trinajstić information content (AvgIpc) is 3.40. The molecule has 0 aliphatic rings. The summed E-state index contributed by atoms with van der Waals surface area (Å²) in [6.07, 6.45) is 1.59. The SMILES string of the molecule is O=C(COc1c(I)cc(C=Nn2c(-c3cc4cc(Br)ccc4o3)nc3ccccc3c2=O)cc1I)Nc1ccc(Cl)cc1. The number of nitrogens with one attached hydrogen (secondary N) is 1. The molecule has 8 nitrogen and oxygen atoms in total. The maximum absolute atomic E-state index is 13.6. The molecule has 0 saturated heterocycles. The molecule has 43 heavy (non-hydrogen) atoms. The molecule has 0 radical (unpaired) electrons. The predicted octanol–water partition coefficient (Wildman–Crippen LogP) is 8.33. The zero-order valence-electron chi connectivity index (χ0n) is 21.9. The van der Waals surface area contributed by atoms with Gasteiger partial charge in [0.05, 0.1) is 24.3 Å². The summed E-state index contributed by atoms with van der Waals surface area (Å²) < 4.78 is 15.6. The zero-order valence-corrected chi connectivity index (χ0v) is 28.5. The van der Waals surface area contributed by atoms with Gasteiger partial charge in [0.1, 0.15) is 11.3 Å². The zero-order chi connectivity index (χ0) is 30.1. The van der Waals surface area contributed by atoms with Gasteiger partial charge in [0, 0.05) is 20.6 Å². The highest BCUT2D eigenvalue weighted by Crippen LogP contribution is 2.30. The van der Waals surface area contributed by atoms with Crippen LogP contribution in [0.25, 0.3) is 33.5 Å². The number of rotatable bonds is 7. The van der Waals surface area contributed by atoms with Crippen molar-refractivity contribution in [3.63, 3.8) is 0 Å². The largest absolute Gasteiger partial charge is 0.482 e.